The molecule has 15 heavy (non-hydrogen) atoms. The van der Waals surface area contributed by atoms with E-state index in [4.69, 9.17) is 10.4 Å². The quantitative estimate of drug-likeness (QED) is 0.626. The molecule has 78 valence electrons. The number of benzene rings is 1. The van der Waals surface area contributed by atoms with Gasteiger partial charge >= 0.3 is 7.12 Å². The van der Waals surface area contributed by atoms with Gasteiger partial charge in [-0.25, -0.2) is 0 Å². The third-order valence-electron chi connectivity index (χ3n) is 3.46. The monoisotopic (exact) mass is 203 g/mol. The van der Waals surface area contributed by atoms with E-state index < -0.39 is 7.12 Å². The molecule has 0 radical (unpaired) electrons. The molecule has 1 unspecified atom stereocenters. The van der Waals surface area contributed by atoms with E-state index in [0.29, 0.717) is 6.54 Å². The van der Waals surface area contributed by atoms with E-state index in [-0.39, 0.29) is 6.10 Å². The smallest absolute Gasteiger partial charge is 0.423 e. The molecule has 0 fully saturated rings. The summed E-state index contributed by atoms with van der Waals surface area (Å²) in [4.78, 5) is 0. The Morgan fingerprint density at radius 2 is 2.33 bits per heavy atom. The van der Waals surface area contributed by atoms with Crippen LogP contribution in [0.4, 0.5) is 0 Å². The SMILES string of the molecule is NCC1OB(O)c2c1ccc1c2CCC1. The van der Waals surface area contributed by atoms with Gasteiger partial charge in [-0.2, -0.15) is 0 Å². The molecule has 0 amide bonds. The molecule has 0 aromatic heterocycles. The predicted octanol–water partition coefficient (Wildman–Crippen LogP) is -0.107. The molecule has 1 heterocycles. The molecule has 0 bridgehead atoms. The lowest BCUT2D eigenvalue weighted by atomic mass is 9.75. The summed E-state index contributed by atoms with van der Waals surface area (Å²) in [6, 6.07) is 4.22. The van der Waals surface area contributed by atoms with E-state index in [9.17, 15) is 5.02 Å². The van der Waals surface area contributed by atoms with Crippen molar-refractivity contribution in [1.82, 2.24) is 0 Å². The first kappa shape index (κ1) is 9.40. The maximum atomic E-state index is 9.87. The summed E-state index contributed by atoms with van der Waals surface area (Å²) in [5.41, 5.74) is 10.4. The highest BCUT2D eigenvalue weighted by Gasteiger charge is 2.37. The fourth-order valence-corrected chi connectivity index (χ4v) is 2.76. The van der Waals surface area contributed by atoms with Crippen LogP contribution in [0.1, 0.15) is 29.2 Å². The third kappa shape index (κ3) is 1.25. The van der Waals surface area contributed by atoms with E-state index in [1.165, 1.54) is 17.5 Å². The predicted molar refractivity (Wildman–Crippen MR) is 59.0 cm³/mol. The minimum Gasteiger partial charge on any atom is -0.423 e. The Hall–Kier alpha value is -0.835. The first-order valence-electron chi connectivity index (χ1n) is 5.49. The topological polar surface area (TPSA) is 55.5 Å². The standard InChI is InChI=1S/C11H14BNO2/c13-6-10-9-5-4-7-2-1-3-8(7)11(9)12(14)15-10/h4-5,10,14H,1-3,6,13H2. The molecule has 1 aromatic carbocycles. The zero-order valence-electron chi connectivity index (χ0n) is 8.57. The van der Waals surface area contributed by atoms with Crippen LogP contribution in [0, 0.1) is 0 Å². The molecule has 0 saturated heterocycles. The molecular formula is C11H14BNO2. The van der Waals surface area contributed by atoms with Gasteiger partial charge in [0, 0.05) is 6.54 Å². The Kier molecular flexibility index (Phi) is 2.09. The lowest BCUT2D eigenvalue weighted by Crippen LogP contribution is -2.31. The van der Waals surface area contributed by atoms with Crippen LogP contribution in [-0.4, -0.2) is 18.7 Å². The van der Waals surface area contributed by atoms with Crippen LogP contribution < -0.4 is 11.2 Å². The molecule has 3 rings (SSSR count). The first-order chi connectivity index (χ1) is 7.31. The van der Waals surface area contributed by atoms with Gasteiger partial charge in [0.1, 0.15) is 0 Å². The van der Waals surface area contributed by atoms with Gasteiger partial charge in [0.2, 0.25) is 0 Å². The van der Waals surface area contributed by atoms with Gasteiger partial charge < -0.3 is 15.4 Å². The van der Waals surface area contributed by atoms with Crippen molar-refractivity contribution in [2.24, 2.45) is 5.73 Å². The zero-order valence-corrected chi connectivity index (χ0v) is 8.57. The van der Waals surface area contributed by atoms with E-state index >= 15 is 0 Å². The molecular weight excluding hydrogens is 189 g/mol. The summed E-state index contributed by atoms with van der Waals surface area (Å²) in [5.74, 6) is 0. The number of rotatable bonds is 1. The van der Waals surface area contributed by atoms with Gasteiger partial charge in [-0.1, -0.05) is 12.1 Å². The fourth-order valence-electron chi connectivity index (χ4n) is 2.76. The third-order valence-corrected chi connectivity index (χ3v) is 3.46. The Bertz CT molecular complexity index is 408. The second kappa shape index (κ2) is 3.34. The molecule has 1 aliphatic heterocycles. The van der Waals surface area contributed by atoms with Crippen molar-refractivity contribution < 1.29 is 9.68 Å². The second-order valence-electron chi connectivity index (χ2n) is 4.27. The summed E-state index contributed by atoms with van der Waals surface area (Å²) in [6.45, 7) is 0.433. The number of hydrogen-bond donors (Lipinski definition) is 2. The molecule has 3 nitrogen and oxygen atoms in total. The van der Waals surface area contributed by atoms with Crippen LogP contribution >= 0.6 is 0 Å². The number of hydrogen-bond acceptors (Lipinski definition) is 3. The van der Waals surface area contributed by atoms with Crippen LogP contribution in [0.15, 0.2) is 12.1 Å². The van der Waals surface area contributed by atoms with Gasteiger partial charge in [-0.15, -0.1) is 0 Å². The first-order valence-corrected chi connectivity index (χ1v) is 5.49. The molecule has 0 saturated carbocycles. The van der Waals surface area contributed by atoms with Crippen LogP contribution in [0.25, 0.3) is 0 Å². The molecule has 1 atom stereocenters. The lowest BCUT2D eigenvalue weighted by Gasteiger charge is -2.09. The molecule has 3 N–H and O–H groups in total. The Morgan fingerprint density at radius 3 is 3.13 bits per heavy atom. The maximum absolute atomic E-state index is 9.87. The molecule has 0 spiro atoms. The Balaban J connectivity index is 2.16. The molecule has 1 aromatic rings. The maximum Gasteiger partial charge on any atom is 0.492 e. The highest BCUT2D eigenvalue weighted by atomic mass is 16.5. The van der Waals surface area contributed by atoms with Gasteiger partial charge in [-0.05, 0) is 41.4 Å². The van der Waals surface area contributed by atoms with Gasteiger partial charge in [0.15, 0.2) is 0 Å². The molecule has 1 aliphatic carbocycles. The average Bonchev–Trinajstić information content (AvgIpc) is 2.81. The van der Waals surface area contributed by atoms with Crippen molar-refractivity contribution >= 4 is 12.6 Å². The van der Waals surface area contributed by atoms with Crippen LogP contribution in [0.5, 0.6) is 0 Å². The van der Waals surface area contributed by atoms with E-state index in [1.807, 2.05) is 0 Å². The van der Waals surface area contributed by atoms with Gasteiger partial charge in [-0.3, -0.25) is 0 Å². The number of nitrogens with two attached hydrogens (primary N) is 1. The highest BCUT2D eigenvalue weighted by molar-refractivity contribution is 6.62. The van der Waals surface area contributed by atoms with Gasteiger partial charge in [0.05, 0.1) is 6.10 Å². The van der Waals surface area contributed by atoms with Crippen LogP contribution in [0.2, 0.25) is 0 Å². The van der Waals surface area contributed by atoms with Crippen molar-refractivity contribution in [1.29, 1.82) is 0 Å². The van der Waals surface area contributed by atoms with Crippen molar-refractivity contribution in [2.75, 3.05) is 6.54 Å². The van der Waals surface area contributed by atoms with Crippen molar-refractivity contribution in [2.45, 2.75) is 25.4 Å². The Morgan fingerprint density at radius 1 is 1.47 bits per heavy atom. The van der Waals surface area contributed by atoms with Crippen molar-refractivity contribution in [3.63, 3.8) is 0 Å². The highest BCUT2D eigenvalue weighted by Crippen LogP contribution is 2.29. The average molecular weight is 203 g/mol. The van der Waals surface area contributed by atoms with Gasteiger partial charge in [0.25, 0.3) is 0 Å². The van der Waals surface area contributed by atoms with Crippen LogP contribution in [-0.2, 0) is 17.5 Å². The zero-order chi connectivity index (χ0) is 10.4. The lowest BCUT2D eigenvalue weighted by molar-refractivity contribution is 0.198. The summed E-state index contributed by atoms with van der Waals surface area (Å²) < 4.78 is 5.44. The normalized spacial score (nSPS) is 23.1. The summed E-state index contributed by atoms with van der Waals surface area (Å²) in [7, 11) is -0.762. The molecule has 2 aliphatic rings. The van der Waals surface area contributed by atoms with E-state index in [1.54, 1.807) is 0 Å². The Labute approximate surface area is 89.4 Å². The fraction of sp³-hybridized carbons (Fsp3) is 0.455. The van der Waals surface area contributed by atoms with Crippen molar-refractivity contribution in [3.05, 3.63) is 28.8 Å². The molecule has 4 heteroatoms. The minimum absolute atomic E-state index is 0.124. The minimum atomic E-state index is -0.762. The van der Waals surface area contributed by atoms with Crippen LogP contribution in [0.3, 0.4) is 0 Å². The summed E-state index contributed by atoms with van der Waals surface area (Å²) >= 11 is 0. The second-order valence-corrected chi connectivity index (χ2v) is 4.27. The number of fused-ring (bicyclic) bond motifs is 3. The van der Waals surface area contributed by atoms with Crippen molar-refractivity contribution in [3.8, 4) is 0 Å². The number of aryl methyl sites for hydroxylation is 1. The summed E-state index contributed by atoms with van der Waals surface area (Å²) in [5, 5.41) is 9.87. The largest absolute Gasteiger partial charge is 0.492 e. The van der Waals surface area contributed by atoms with E-state index in [2.05, 4.69) is 12.1 Å². The summed E-state index contributed by atoms with van der Waals surface area (Å²) in [6.07, 6.45) is 3.26. The van der Waals surface area contributed by atoms with E-state index in [0.717, 1.165) is 23.9 Å².